The minimum atomic E-state index is -0.0280. The molecule has 0 saturated heterocycles. The Hall–Kier alpha value is -0.280. The van der Waals surface area contributed by atoms with Gasteiger partial charge in [-0.1, -0.05) is 29.3 Å². The quantitative estimate of drug-likeness (QED) is 0.886. The fourth-order valence-electron chi connectivity index (χ4n) is 1.42. The van der Waals surface area contributed by atoms with Crippen molar-refractivity contribution in [2.24, 2.45) is 5.73 Å². The number of rotatable bonds is 4. The Kier molecular flexibility index (Phi) is 4.87. The summed E-state index contributed by atoms with van der Waals surface area (Å²) < 4.78 is 5.36. The van der Waals surface area contributed by atoms with E-state index in [0.717, 1.165) is 12.0 Å². The second-order valence-electron chi connectivity index (χ2n) is 3.61. The molecule has 1 rings (SSSR count). The van der Waals surface area contributed by atoms with E-state index in [1.165, 1.54) is 0 Å². The summed E-state index contributed by atoms with van der Waals surface area (Å²) in [5, 5.41) is 1.09. The molecule has 1 aromatic carbocycles. The van der Waals surface area contributed by atoms with Crippen molar-refractivity contribution in [1.29, 1.82) is 0 Å². The van der Waals surface area contributed by atoms with Crippen molar-refractivity contribution in [1.82, 2.24) is 0 Å². The topological polar surface area (TPSA) is 35.2 Å². The van der Waals surface area contributed by atoms with Gasteiger partial charge in [-0.3, -0.25) is 0 Å². The zero-order valence-electron chi connectivity index (χ0n) is 8.84. The van der Waals surface area contributed by atoms with Crippen molar-refractivity contribution in [3.63, 3.8) is 0 Å². The fourth-order valence-corrected chi connectivity index (χ4v) is 1.73. The van der Waals surface area contributed by atoms with Crippen LogP contribution in [0.5, 0.6) is 0 Å². The summed E-state index contributed by atoms with van der Waals surface area (Å²) in [5.74, 6) is 0. The predicted molar refractivity (Wildman–Crippen MR) is 64.5 cm³/mol. The van der Waals surface area contributed by atoms with Crippen molar-refractivity contribution in [3.8, 4) is 0 Å². The molecule has 0 fully saturated rings. The Morgan fingerprint density at radius 2 is 2.00 bits per heavy atom. The molecule has 0 aliphatic carbocycles. The lowest BCUT2D eigenvalue weighted by atomic mass is 10.0. The minimum absolute atomic E-state index is 0.0280. The van der Waals surface area contributed by atoms with E-state index in [4.69, 9.17) is 33.7 Å². The van der Waals surface area contributed by atoms with Gasteiger partial charge in [-0.15, -0.1) is 0 Å². The largest absolute Gasteiger partial charge is 0.377 e. The van der Waals surface area contributed by atoms with Gasteiger partial charge < -0.3 is 10.5 Å². The van der Waals surface area contributed by atoms with Gasteiger partial charge in [0.05, 0.1) is 16.1 Å². The number of benzene rings is 1. The average molecular weight is 248 g/mol. The van der Waals surface area contributed by atoms with Crippen LogP contribution in [0.1, 0.15) is 25.0 Å². The third-order valence-corrected chi connectivity index (χ3v) is 2.92. The summed E-state index contributed by atoms with van der Waals surface area (Å²) in [6.07, 6.45) is 0.730. The normalized spacial score (nSPS) is 15.0. The second-order valence-corrected chi connectivity index (χ2v) is 4.43. The molecular weight excluding hydrogens is 233 g/mol. The first-order chi connectivity index (χ1) is 7.04. The number of nitrogens with two attached hydrogens (primary N) is 1. The molecule has 0 spiro atoms. The second kappa shape index (κ2) is 5.71. The Morgan fingerprint density at radius 3 is 2.47 bits per heavy atom. The van der Waals surface area contributed by atoms with Crippen LogP contribution in [-0.2, 0) is 4.74 Å². The first-order valence-electron chi connectivity index (χ1n) is 4.78. The maximum atomic E-state index is 5.93. The Labute approximate surface area is 100 Å². The molecular formula is C11H15Cl2NO. The smallest absolute Gasteiger partial charge is 0.0836 e. The molecule has 0 aliphatic heterocycles. The molecule has 0 amide bonds. The van der Waals surface area contributed by atoms with E-state index < -0.39 is 0 Å². The highest BCUT2D eigenvalue weighted by Gasteiger charge is 2.13. The minimum Gasteiger partial charge on any atom is -0.377 e. The molecule has 2 atom stereocenters. The van der Waals surface area contributed by atoms with Gasteiger partial charge in [-0.25, -0.2) is 0 Å². The van der Waals surface area contributed by atoms with Crippen molar-refractivity contribution in [2.45, 2.75) is 25.5 Å². The SMILES string of the molecule is COC(CC(C)N)c1ccc(Cl)c(Cl)c1. The third-order valence-electron chi connectivity index (χ3n) is 2.19. The molecule has 0 saturated carbocycles. The summed E-state index contributed by atoms with van der Waals surface area (Å²) >= 11 is 11.8. The number of methoxy groups -OCH3 is 1. The van der Waals surface area contributed by atoms with E-state index in [9.17, 15) is 0 Å². The van der Waals surface area contributed by atoms with Crippen LogP contribution in [-0.4, -0.2) is 13.2 Å². The molecule has 0 aliphatic rings. The molecule has 2 N–H and O–H groups in total. The van der Waals surface area contributed by atoms with Crippen LogP contribution in [0, 0.1) is 0 Å². The van der Waals surface area contributed by atoms with Crippen molar-refractivity contribution in [2.75, 3.05) is 7.11 Å². The van der Waals surface area contributed by atoms with Crippen LogP contribution in [0.4, 0.5) is 0 Å². The summed E-state index contributed by atoms with van der Waals surface area (Å²) in [6.45, 7) is 1.95. The maximum absolute atomic E-state index is 5.93. The molecule has 4 heteroatoms. The lowest BCUT2D eigenvalue weighted by molar-refractivity contribution is 0.0909. The lowest BCUT2D eigenvalue weighted by Crippen LogP contribution is -2.19. The molecule has 0 heterocycles. The summed E-state index contributed by atoms with van der Waals surface area (Å²) in [4.78, 5) is 0. The van der Waals surface area contributed by atoms with Crippen LogP contribution in [0.15, 0.2) is 18.2 Å². The number of hydrogen-bond acceptors (Lipinski definition) is 2. The Bertz CT molecular complexity index is 328. The van der Waals surface area contributed by atoms with Crippen LogP contribution >= 0.6 is 23.2 Å². The third kappa shape index (κ3) is 3.65. The maximum Gasteiger partial charge on any atom is 0.0836 e. The van der Waals surface area contributed by atoms with E-state index in [0.29, 0.717) is 10.0 Å². The van der Waals surface area contributed by atoms with Crippen molar-refractivity contribution < 1.29 is 4.74 Å². The molecule has 15 heavy (non-hydrogen) atoms. The molecule has 0 aromatic heterocycles. The zero-order valence-corrected chi connectivity index (χ0v) is 10.3. The average Bonchev–Trinajstić information content (AvgIpc) is 2.18. The van der Waals surface area contributed by atoms with Crippen LogP contribution < -0.4 is 5.73 Å². The summed E-state index contributed by atoms with van der Waals surface area (Å²) in [7, 11) is 1.66. The van der Waals surface area contributed by atoms with Crippen LogP contribution in [0.3, 0.4) is 0 Å². The number of hydrogen-bond donors (Lipinski definition) is 1. The highest BCUT2D eigenvalue weighted by Crippen LogP contribution is 2.28. The summed E-state index contributed by atoms with van der Waals surface area (Å²) in [6, 6.07) is 5.59. The van der Waals surface area contributed by atoms with E-state index in [1.807, 2.05) is 19.1 Å². The monoisotopic (exact) mass is 247 g/mol. The molecule has 0 bridgehead atoms. The van der Waals surface area contributed by atoms with Crippen LogP contribution in [0.25, 0.3) is 0 Å². The van der Waals surface area contributed by atoms with Gasteiger partial charge in [-0.05, 0) is 31.0 Å². The predicted octanol–water partition coefficient (Wildman–Crippen LogP) is 3.42. The fraction of sp³-hybridized carbons (Fsp3) is 0.455. The van der Waals surface area contributed by atoms with Gasteiger partial charge in [0.25, 0.3) is 0 Å². The highest BCUT2D eigenvalue weighted by molar-refractivity contribution is 6.42. The molecule has 2 nitrogen and oxygen atoms in total. The summed E-state index contributed by atoms with van der Waals surface area (Å²) in [5.41, 5.74) is 6.74. The molecule has 0 radical (unpaired) electrons. The van der Waals surface area contributed by atoms with Crippen LogP contribution in [0.2, 0.25) is 10.0 Å². The molecule has 2 unspecified atom stereocenters. The number of ether oxygens (including phenoxy) is 1. The standard InChI is InChI=1S/C11H15Cl2NO/c1-7(14)5-11(15-2)8-3-4-9(12)10(13)6-8/h3-4,6-7,11H,5,14H2,1-2H3. The van der Waals surface area contributed by atoms with Gasteiger partial charge in [0, 0.05) is 13.2 Å². The first kappa shape index (κ1) is 12.8. The first-order valence-corrected chi connectivity index (χ1v) is 5.53. The van der Waals surface area contributed by atoms with Gasteiger partial charge in [0.15, 0.2) is 0 Å². The Morgan fingerprint density at radius 1 is 1.33 bits per heavy atom. The van der Waals surface area contributed by atoms with E-state index >= 15 is 0 Å². The lowest BCUT2D eigenvalue weighted by Gasteiger charge is -2.18. The van der Waals surface area contributed by atoms with Gasteiger partial charge in [0.1, 0.15) is 0 Å². The van der Waals surface area contributed by atoms with Crippen molar-refractivity contribution in [3.05, 3.63) is 33.8 Å². The number of halogens is 2. The zero-order chi connectivity index (χ0) is 11.4. The Balaban J connectivity index is 2.87. The van der Waals surface area contributed by atoms with E-state index in [-0.39, 0.29) is 12.1 Å². The molecule has 84 valence electrons. The molecule has 1 aromatic rings. The van der Waals surface area contributed by atoms with Gasteiger partial charge in [0.2, 0.25) is 0 Å². The van der Waals surface area contributed by atoms with Gasteiger partial charge in [-0.2, -0.15) is 0 Å². The highest BCUT2D eigenvalue weighted by atomic mass is 35.5. The van der Waals surface area contributed by atoms with E-state index in [1.54, 1.807) is 13.2 Å². The van der Waals surface area contributed by atoms with E-state index in [2.05, 4.69) is 0 Å². The van der Waals surface area contributed by atoms with Gasteiger partial charge >= 0.3 is 0 Å². The van der Waals surface area contributed by atoms with Crippen molar-refractivity contribution >= 4 is 23.2 Å².